The predicted molar refractivity (Wildman–Crippen MR) is 29.5 cm³/mol. The Morgan fingerprint density at radius 3 is 1.67 bits per heavy atom. The lowest BCUT2D eigenvalue weighted by Gasteiger charge is -2.10. The van der Waals surface area contributed by atoms with Gasteiger partial charge in [0, 0.05) is 0 Å². The van der Waals surface area contributed by atoms with Gasteiger partial charge in [-0.05, 0) is 0 Å². The molecule has 1 aliphatic heterocycles. The maximum Gasteiger partial charge on any atom is 0.323 e. The second-order valence-corrected chi connectivity index (χ2v) is 2.58. The minimum atomic E-state index is -3.13. The summed E-state index contributed by atoms with van der Waals surface area (Å²) in [5, 5.41) is 0. The fourth-order valence-corrected chi connectivity index (χ4v) is 0.321. The molecule has 9 heavy (non-hydrogen) atoms. The van der Waals surface area contributed by atoms with E-state index in [0.29, 0.717) is 0 Å². The van der Waals surface area contributed by atoms with Crippen molar-refractivity contribution in [2.75, 3.05) is 6.79 Å². The van der Waals surface area contributed by atoms with E-state index in [-0.39, 0.29) is 6.79 Å². The van der Waals surface area contributed by atoms with Crippen LogP contribution in [0.3, 0.4) is 0 Å². The molecule has 0 aromatic heterocycles. The molecule has 1 saturated heterocycles. The fourth-order valence-electron chi connectivity index (χ4n) is 0.107. The van der Waals surface area contributed by atoms with Gasteiger partial charge in [0.2, 0.25) is 0 Å². The van der Waals surface area contributed by atoms with E-state index in [2.05, 4.69) is 9.05 Å². The lowest BCUT2D eigenvalue weighted by molar-refractivity contribution is 0.0270. The summed E-state index contributed by atoms with van der Waals surface area (Å²) < 4.78 is 26.9. The van der Waals surface area contributed by atoms with E-state index in [9.17, 15) is 4.57 Å². The zero-order chi connectivity index (χ0) is 7.28. The second kappa shape index (κ2) is 5.11. The molecule has 0 bridgehead atoms. The minimum Gasteiger partial charge on any atom is -0.326 e. The third-order valence-electron chi connectivity index (χ3n) is 0.354. The molecule has 1 heterocycles. The highest BCUT2D eigenvalue weighted by Gasteiger charge is 2.07. The van der Waals surface area contributed by atoms with E-state index in [0.717, 1.165) is 0 Å². The van der Waals surface area contributed by atoms with E-state index in [4.69, 9.17) is 14.4 Å². The average molecular weight is 176 g/mol. The fraction of sp³-hybridized carbons (Fsp3) is 1.00. The summed E-state index contributed by atoms with van der Waals surface area (Å²) in [5.74, 6) is 0. The minimum absolute atomic E-state index is 0.220. The molecule has 8 heteroatoms. The molecule has 0 radical (unpaired) electrons. The molecular weight excluding hydrogens is 170 g/mol. The molecule has 1 fully saturated rings. The van der Waals surface area contributed by atoms with Gasteiger partial charge in [-0.1, -0.05) is 0 Å². The topological polar surface area (TPSA) is 93.1 Å². The van der Waals surface area contributed by atoms with Crippen LogP contribution in [0, 0.1) is 0 Å². The molecule has 1 aliphatic rings. The van der Waals surface area contributed by atoms with Crippen LogP contribution in [0.1, 0.15) is 0 Å². The summed E-state index contributed by atoms with van der Waals surface area (Å²) in [6.07, 6.45) is 0. The molecule has 0 aliphatic carbocycles. The van der Waals surface area contributed by atoms with Crippen molar-refractivity contribution in [1.82, 2.24) is 0 Å². The van der Waals surface area contributed by atoms with Crippen LogP contribution >= 0.6 is 16.5 Å². The summed E-state index contributed by atoms with van der Waals surface area (Å²) in [4.78, 5) is 14.3. The highest BCUT2D eigenvalue weighted by atomic mass is 31.1. The van der Waals surface area contributed by atoms with Gasteiger partial charge in [-0.3, -0.25) is 18.2 Å². The number of rotatable bonds is 0. The molecule has 0 aromatic carbocycles. The summed E-state index contributed by atoms with van der Waals surface area (Å²) in [6, 6.07) is 0. The van der Waals surface area contributed by atoms with Gasteiger partial charge in [-0.25, -0.2) is 0 Å². The summed E-state index contributed by atoms with van der Waals surface area (Å²) in [6.45, 7) is 0.220. The van der Waals surface area contributed by atoms with Gasteiger partial charge >= 0.3 is 16.5 Å². The predicted octanol–water partition coefficient (Wildman–Crippen LogP) is -0.259. The van der Waals surface area contributed by atoms with Crippen molar-refractivity contribution in [3.63, 3.8) is 0 Å². The van der Waals surface area contributed by atoms with Crippen molar-refractivity contribution in [1.29, 1.82) is 0 Å². The molecule has 2 N–H and O–H groups in total. The van der Waals surface area contributed by atoms with Crippen molar-refractivity contribution in [3.8, 4) is 0 Å². The van der Waals surface area contributed by atoms with Gasteiger partial charge in [-0.15, -0.1) is 0 Å². The van der Waals surface area contributed by atoms with Crippen molar-refractivity contribution in [3.05, 3.63) is 0 Å². The van der Waals surface area contributed by atoms with Crippen molar-refractivity contribution in [2.24, 2.45) is 0 Å². The van der Waals surface area contributed by atoms with Crippen LogP contribution in [0.15, 0.2) is 0 Å². The van der Waals surface area contributed by atoms with Crippen LogP contribution in [0.2, 0.25) is 0 Å². The quantitative estimate of drug-likeness (QED) is 0.494. The van der Waals surface area contributed by atoms with Gasteiger partial charge in [0.15, 0.2) is 6.79 Å². The van der Waals surface area contributed by atoms with E-state index in [1.165, 1.54) is 0 Å². The standard InChI is InChI=1S/CH3O3P.H3O3P/c2-5-3-1-4-5;1-4(2)3/h5H,1H2;4H,(H2,1,2,3). The zero-order valence-electron chi connectivity index (χ0n) is 4.23. The highest BCUT2D eigenvalue weighted by molar-refractivity contribution is 7.34. The van der Waals surface area contributed by atoms with Gasteiger partial charge < -0.3 is 9.79 Å². The van der Waals surface area contributed by atoms with Gasteiger partial charge in [0.05, 0.1) is 0 Å². The summed E-state index contributed by atoms with van der Waals surface area (Å²) in [5.41, 5.74) is 0. The average Bonchev–Trinajstić information content (AvgIpc) is 1.59. The second-order valence-electron chi connectivity index (χ2n) is 0.939. The first-order valence-electron chi connectivity index (χ1n) is 1.84. The SMILES string of the molecule is O=[PH](O)O.O=[PH]1OCO1. The summed E-state index contributed by atoms with van der Waals surface area (Å²) in [7, 11) is -5.07. The van der Waals surface area contributed by atoms with Crippen LogP contribution in [-0.4, -0.2) is 16.6 Å². The Balaban J connectivity index is 0.000000148. The number of hydrogen-bond donors (Lipinski definition) is 2. The smallest absolute Gasteiger partial charge is 0.323 e. The summed E-state index contributed by atoms with van der Waals surface area (Å²) >= 11 is 0. The van der Waals surface area contributed by atoms with Crippen LogP contribution in [0.4, 0.5) is 0 Å². The lowest BCUT2D eigenvalue weighted by atomic mass is 11.6. The Morgan fingerprint density at radius 2 is 1.67 bits per heavy atom. The van der Waals surface area contributed by atoms with E-state index in [1.54, 1.807) is 0 Å². The van der Waals surface area contributed by atoms with E-state index >= 15 is 0 Å². The van der Waals surface area contributed by atoms with E-state index < -0.39 is 16.5 Å². The Hall–Kier alpha value is 0.300. The first-order chi connectivity index (χ1) is 4.13. The van der Waals surface area contributed by atoms with Gasteiger partial charge in [-0.2, -0.15) is 0 Å². The monoisotopic (exact) mass is 176 g/mol. The highest BCUT2D eigenvalue weighted by Crippen LogP contribution is 2.32. The van der Waals surface area contributed by atoms with Crippen LogP contribution in [0.25, 0.3) is 0 Å². The largest absolute Gasteiger partial charge is 0.326 e. The van der Waals surface area contributed by atoms with Crippen molar-refractivity contribution in [2.45, 2.75) is 0 Å². The van der Waals surface area contributed by atoms with Crippen LogP contribution in [0.5, 0.6) is 0 Å². The molecule has 0 amide bonds. The Labute approximate surface area is 52.3 Å². The molecule has 1 rings (SSSR count). The Kier molecular flexibility index (Phi) is 5.28. The molecule has 0 aromatic rings. The maximum atomic E-state index is 9.64. The Bertz CT molecular complexity index is 110. The molecule has 0 atom stereocenters. The molecule has 56 valence electrons. The zero-order valence-corrected chi connectivity index (χ0v) is 6.23. The normalized spacial score (nSPS) is 18.1. The van der Waals surface area contributed by atoms with Crippen LogP contribution in [-0.2, 0) is 18.2 Å². The Morgan fingerprint density at radius 1 is 1.44 bits per heavy atom. The van der Waals surface area contributed by atoms with E-state index in [1.807, 2.05) is 0 Å². The van der Waals surface area contributed by atoms with Gasteiger partial charge in [0.25, 0.3) is 0 Å². The molecule has 0 spiro atoms. The molecular formula is CH6O6P2. The van der Waals surface area contributed by atoms with Gasteiger partial charge in [0.1, 0.15) is 0 Å². The van der Waals surface area contributed by atoms with Crippen LogP contribution < -0.4 is 0 Å². The molecule has 0 saturated carbocycles. The lowest BCUT2D eigenvalue weighted by Crippen LogP contribution is -1.97. The molecule has 6 nitrogen and oxygen atoms in total. The number of hydrogen-bond acceptors (Lipinski definition) is 4. The maximum absolute atomic E-state index is 9.64. The first kappa shape index (κ1) is 9.30. The molecule has 0 unspecified atom stereocenters. The first-order valence-corrected chi connectivity index (χ1v) is 4.37. The van der Waals surface area contributed by atoms with Crippen molar-refractivity contribution < 1.29 is 28.0 Å². The third kappa shape index (κ3) is 8.30. The van der Waals surface area contributed by atoms with Crippen molar-refractivity contribution >= 4 is 16.5 Å². The third-order valence-corrected chi connectivity index (χ3v) is 1.06.